The number of methoxy groups -OCH3 is 1. The number of thiazole rings is 1. The number of ketones is 1. The van der Waals surface area contributed by atoms with Crippen molar-refractivity contribution in [2.45, 2.75) is 51.2 Å². The van der Waals surface area contributed by atoms with Crippen molar-refractivity contribution in [2.75, 3.05) is 38.2 Å². The Morgan fingerprint density at radius 3 is 2.61 bits per heavy atom. The fraction of sp³-hybridized carbons (Fsp3) is 0.448. The molecule has 1 aliphatic carbocycles. The van der Waals surface area contributed by atoms with E-state index < -0.39 is 0 Å². The lowest BCUT2D eigenvalue weighted by Gasteiger charge is -2.42. The van der Waals surface area contributed by atoms with E-state index >= 15 is 0 Å². The van der Waals surface area contributed by atoms with Crippen molar-refractivity contribution in [3.8, 4) is 11.5 Å². The first-order valence-electron chi connectivity index (χ1n) is 12.9. The standard InChI is InChI=1S/C29H35N3O3S/c1-21-20-36-29(30-21)26(33)19-32-15-14-31(18-24(32)16-22-8-4-3-5-9-22)23-12-13-27(34-2)28(17-23)35-25-10-6-7-11-25/h3-5,8-9,12-13,17,20,24-25H,6-7,10-11,14-16,18-19H2,1-2H3/t24-/m0/s1. The van der Waals surface area contributed by atoms with Gasteiger partial charge < -0.3 is 14.4 Å². The molecule has 0 radical (unpaired) electrons. The molecule has 1 saturated heterocycles. The summed E-state index contributed by atoms with van der Waals surface area (Å²) in [5.74, 6) is 1.73. The predicted molar refractivity (Wildman–Crippen MR) is 145 cm³/mol. The molecule has 3 aromatic rings. The molecule has 2 heterocycles. The summed E-state index contributed by atoms with van der Waals surface area (Å²) in [4.78, 5) is 22.2. The van der Waals surface area contributed by atoms with Gasteiger partial charge >= 0.3 is 0 Å². The van der Waals surface area contributed by atoms with Crippen LogP contribution in [0.3, 0.4) is 0 Å². The number of aryl methyl sites for hydroxylation is 1. The zero-order chi connectivity index (χ0) is 24.9. The van der Waals surface area contributed by atoms with E-state index in [1.807, 2.05) is 24.4 Å². The van der Waals surface area contributed by atoms with Crippen LogP contribution >= 0.6 is 11.3 Å². The van der Waals surface area contributed by atoms with Gasteiger partial charge in [-0.1, -0.05) is 30.3 Å². The van der Waals surface area contributed by atoms with E-state index in [-0.39, 0.29) is 17.9 Å². The Labute approximate surface area is 217 Å². The van der Waals surface area contributed by atoms with Crippen LogP contribution in [0.25, 0.3) is 0 Å². The second-order valence-corrected chi connectivity index (χ2v) is 10.7. The van der Waals surface area contributed by atoms with Crippen LogP contribution in [0.15, 0.2) is 53.9 Å². The lowest BCUT2D eigenvalue weighted by atomic mass is 10.0. The van der Waals surface area contributed by atoms with Crippen molar-refractivity contribution in [1.29, 1.82) is 0 Å². The summed E-state index contributed by atoms with van der Waals surface area (Å²) in [6.07, 6.45) is 5.85. The average molecular weight is 506 g/mol. The van der Waals surface area contributed by atoms with Gasteiger partial charge in [-0.3, -0.25) is 9.69 Å². The molecule has 2 fully saturated rings. The maximum atomic E-state index is 13.0. The molecule has 190 valence electrons. The number of carbonyl (C=O) groups excluding carboxylic acids is 1. The fourth-order valence-electron chi connectivity index (χ4n) is 5.29. The normalized spacial score (nSPS) is 18.9. The smallest absolute Gasteiger partial charge is 0.205 e. The molecule has 6 nitrogen and oxygen atoms in total. The van der Waals surface area contributed by atoms with Crippen molar-refractivity contribution in [3.05, 3.63) is 70.2 Å². The summed E-state index contributed by atoms with van der Waals surface area (Å²) in [6, 6.07) is 17.0. The minimum absolute atomic E-state index is 0.108. The number of piperazine rings is 1. The third kappa shape index (κ3) is 5.90. The van der Waals surface area contributed by atoms with Crippen molar-refractivity contribution in [1.82, 2.24) is 9.88 Å². The minimum atomic E-state index is 0.108. The minimum Gasteiger partial charge on any atom is -0.493 e. The van der Waals surface area contributed by atoms with E-state index in [2.05, 4.69) is 51.2 Å². The quantitative estimate of drug-likeness (QED) is 0.363. The van der Waals surface area contributed by atoms with Crippen LogP contribution in [-0.2, 0) is 6.42 Å². The van der Waals surface area contributed by atoms with Crippen molar-refractivity contribution < 1.29 is 14.3 Å². The van der Waals surface area contributed by atoms with Crippen LogP contribution in [0, 0.1) is 6.92 Å². The number of nitrogens with zero attached hydrogens (tertiary/aromatic N) is 3. The third-order valence-electron chi connectivity index (χ3n) is 7.23. The number of benzene rings is 2. The SMILES string of the molecule is COc1ccc(N2CCN(CC(=O)c3nc(C)cs3)[C@@H](Cc3ccccc3)C2)cc1OC1CCCC1. The Morgan fingerprint density at radius 1 is 1.08 bits per heavy atom. The van der Waals surface area contributed by atoms with E-state index in [0.29, 0.717) is 11.6 Å². The highest BCUT2D eigenvalue weighted by Crippen LogP contribution is 2.36. The lowest BCUT2D eigenvalue weighted by Crippen LogP contribution is -2.55. The van der Waals surface area contributed by atoms with Gasteiger partial charge in [0.05, 0.1) is 19.8 Å². The Morgan fingerprint density at radius 2 is 1.89 bits per heavy atom. The van der Waals surface area contributed by atoms with E-state index in [1.54, 1.807) is 7.11 Å². The van der Waals surface area contributed by atoms with E-state index in [9.17, 15) is 4.79 Å². The van der Waals surface area contributed by atoms with Crippen molar-refractivity contribution in [2.24, 2.45) is 0 Å². The number of hydrogen-bond acceptors (Lipinski definition) is 7. The molecule has 2 aliphatic rings. The molecular formula is C29H35N3O3S. The van der Waals surface area contributed by atoms with Gasteiger partial charge in [0.15, 0.2) is 16.5 Å². The zero-order valence-electron chi connectivity index (χ0n) is 21.2. The van der Waals surface area contributed by atoms with Gasteiger partial charge in [-0.25, -0.2) is 4.98 Å². The Bertz CT molecular complexity index is 1160. The van der Waals surface area contributed by atoms with Crippen LogP contribution < -0.4 is 14.4 Å². The van der Waals surface area contributed by atoms with Gasteiger partial charge in [-0.2, -0.15) is 0 Å². The molecule has 0 bridgehead atoms. The maximum Gasteiger partial charge on any atom is 0.205 e. The summed E-state index contributed by atoms with van der Waals surface area (Å²) in [6.45, 7) is 4.85. The molecular weight excluding hydrogens is 470 g/mol. The monoisotopic (exact) mass is 505 g/mol. The van der Waals surface area contributed by atoms with E-state index in [1.165, 1.54) is 29.7 Å². The largest absolute Gasteiger partial charge is 0.493 e. The second-order valence-electron chi connectivity index (χ2n) is 9.84. The Kier molecular flexibility index (Phi) is 7.87. The molecule has 0 N–H and O–H groups in total. The zero-order valence-corrected chi connectivity index (χ0v) is 22.0. The number of ether oxygens (including phenoxy) is 2. The van der Waals surface area contributed by atoms with Crippen LogP contribution in [0.2, 0.25) is 0 Å². The van der Waals surface area contributed by atoms with E-state index in [0.717, 1.165) is 61.8 Å². The predicted octanol–water partition coefficient (Wildman–Crippen LogP) is 5.40. The van der Waals surface area contributed by atoms with Gasteiger partial charge in [0.1, 0.15) is 0 Å². The molecule has 1 aliphatic heterocycles. The second kappa shape index (κ2) is 11.4. The first-order chi connectivity index (χ1) is 17.6. The molecule has 1 atom stereocenters. The molecule has 7 heteroatoms. The topological polar surface area (TPSA) is 54.9 Å². The molecule has 5 rings (SSSR count). The Balaban J connectivity index is 1.34. The first-order valence-corrected chi connectivity index (χ1v) is 13.8. The molecule has 1 aromatic heterocycles. The number of aromatic nitrogens is 1. The molecule has 36 heavy (non-hydrogen) atoms. The van der Waals surface area contributed by atoms with Crippen LogP contribution in [-0.4, -0.2) is 61.1 Å². The van der Waals surface area contributed by atoms with Gasteiger partial charge in [-0.15, -0.1) is 11.3 Å². The average Bonchev–Trinajstić information content (AvgIpc) is 3.57. The van der Waals surface area contributed by atoms with Gasteiger partial charge in [0.2, 0.25) is 5.78 Å². The highest BCUT2D eigenvalue weighted by Gasteiger charge is 2.30. The Hall–Kier alpha value is -2.90. The molecule has 0 unspecified atom stereocenters. The van der Waals surface area contributed by atoms with Crippen LogP contribution in [0.4, 0.5) is 5.69 Å². The number of Topliss-reactive ketones (excluding diaryl/α,β-unsaturated/α-hetero) is 1. The highest BCUT2D eigenvalue weighted by molar-refractivity contribution is 7.11. The number of hydrogen-bond donors (Lipinski definition) is 0. The van der Waals surface area contributed by atoms with Crippen LogP contribution in [0.5, 0.6) is 11.5 Å². The van der Waals surface area contributed by atoms with Gasteiger partial charge in [0, 0.05) is 48.5 Å². The fourth-order valence-corrected chi connectivity index (χ4v) is 6.02. The van der Waals surface area contributed by atoms with Gasteiger partial charge in [-0.05, 0) is 56.7 Å². The number of rotatable bonds is 9. The summed E-state index contributed by atoms with van der Waals surface area (Å²) in [5, 5.41) is 2.55. The molecule has 0 spiro atoms. The molecule has 1 saturated carbocycles. The molecule has 0 amide bonds. The first kappa shape index (κ1) is 24.8. The number of carbonyl (C=O) groups is 1. The van der Waals surface area contributed by atoms with E-state index in [4.69, 9.17) is 9.47 Å². The van der Waals surface area contributed by atoms with Crippen molar-refractivity contribution in [3.63, 3.8) is 0 Å². The van der Waals surface area contributed by atoms with Crippen molar-refractivity contribution >= 4 is 22.8 Å². The highest BCUT2D eigenvalue weighted by atomic mass is 32.1. The third-order valence-corrected chi connectivity index (χ3v) is 8.23. The number of anilines is 1. The lowest BCUT2D eigenvalue weighted by molar-refractivity contribution is 0.0875. The summed E-state index contributed by atoms with van der Waals surface area (Å²) >= 11 is 1.44. The van der Waals surface area contributed by atoms with Crippen LogP contribution in [0.1, 0.15) is 46.7 Å². The van der Waals surface area contributed by atoms with Gasteiger partial charge in [0.25, 0.3) is 0 Å². The summed E-state index contributed by atoms with van der Waals surface area (Å²) in [7, 11) is 1.70. The maximum absolute atomic E-state index is 13.0. The summed E-state index contributed by atoms with van der Waals surface area (Å²) in [5.41, 5.74) is 3.33. The molecule has 2 aromatic carbocycles. The summed E-state index contributed by atoms with van der Waals surface area (Å²) < 4.78 is 12.0.